The van der Waals surface area contributed by atoms with Crippen molar-refractivity contribution in [1.29, 1.82) is 0 Å². The number of nitrogens with zero attached hydrogens (tertiary/aromatic N) is 2. The second kappa shape index (κ2) is 8.01. The van der Waals surface area contributed by atoms with E-state index in [9.17, 15) is 9.18 Å². The molecule has 0 saturated carbocycles. The fourth-order valence-electron chi connectivity index (χ4n) is 3.01. The summed E-state index contributed by atoms with van der Waals surface area (Å²) in [5.74, 6) is -0.151. The predicted octanol–water partition coefficient (Wildman–Crippen LogP) is 3.25. The van der Waals surface area contributed by atoms with Gasteiger partial charge >= 0.3 is 0 Å². The molecule has 25 heavy (non-hydrogen) atoms. The number of aryl methyl sites for hydroxylation is 1. The van der Waals surface area contributed by atoms with E-state index in [1.54, 1.807) is 18.2 Å². The van der Waals surface area contributed by atoms with Crippen LogP contribution in [0.1, 0.15) is 12.0 Å². The summed E-state index contributed by atoms with van der Waals surface area (Å²) in [6.07, 6.45) is 0.263. The van der Waals surface area contributed by atoms with Gasteiger partial charge in [-0.3, -0.25) is 4.79 Å². The van der Waals surface area contributed by atoms with Crippen LogP contribution in [0, 0.1) is 12.7 Å². The van der Waals surface area contributed by atoms with Crippen LogP contribution in [0.15, 0.2) is 48.5 Å². The van der Waals surface area contributed by atoms with Gasteiger partial charge in [0.05, 0.1) is 13.0 Å². The highest BCUT2D eigenvalue weighted by Crippen LogP contribution is 2.18. The lowest BCUT2D eigenvalue weighted by atomic mass is 10.2. The van der Waals surface area contributed by atoms with Crippen LogP contribution in [0.25, 0.3) is 0 Å². The highest BCUT2D eigenvalue weighted by molar-refractivity contribution is 5.76. The first-order valence-electron chi connectivity index (χ1n) is 8.60. The molecule has 1 heterocycles. The van der Waals surface area contributed by atoms with Crippen LogP contribution in [0.3, 0.4) is 0 Å². The fraction of sp³-hybridized carbons (Fsp3) is 0.350. The molecule has 2 aromatic carbocycles. The van der Waals surface area contributed by atoms with Gasteiger partial charge in [-0.2, -0.15) is 0 Å². The molecule has 1 aliphatic heterocycles. The first-order valence-corrected chi connectivity index (χ1v) is 8.60. The van der Waals surface area contributed by atoms with Gasteiger partial charge in [0.25, 0.3) is 0 Å². The first-order chi connectivity index (χ1) is 12.1. The van der Waals surface area contributed by atoms with Crippen molar-refractivity contribution in [1.82, 2.24) is 4.90 Å². The van der Waals surface area contributed by atoms with E-state index in [-0.39, 0.29) is 24.7 Å². The summed E-state index contributed by atoms with van der Waals surface area (Å²) in [5.41, 5.74) is 2.44. The monoisotopic (exact) mass is 342 g/mol. The third kappa shape index (κ3) is 4.50. The van der Waals surface area contributed by atoms with E-state index in [0.29, 0.717) is 13.1 Å². The van der Waals surface area contributed by atoms with Crippen LogP contribution in [-0.4, -0.2) is 43.6 Å². The summed E-state index contributed by atoms with van der Waals surface area (Å²) < 4.78 is 18.8. The summed E-state index contributed by atoms with van der Waals surface area (Å²) >= 11 is 0. The van der Waals surface area contributed by atoms with Gasteiger partial charge < -0.3 is 14.5 Å². The summed E-state index contributed by atoms with van der Waals surface area (Å²) in [6.45, 7) is 5.32. The lowest BCUT2D eigenvalue weighted by molar-refractivity contribution is -0.132. The Morgan fingerprint density at radius 2 is 1.84 bits per heavy atom. The maximum Gasteiger partial charge on any atom is 0.226 e. The molecule has 1 aliphatic rings. The topological polar surface area (TPSA) is 32.8 Å². The zero-order valence-electron chi connectivity index (χ0n) is 14.5. The number of para-hydroxylation sites is 1. The average molecular weight is 342 g/mol. The number of carbonyl (C=O) groups is 1. The molecule has 1 amide bonds. The predicted molar refractivity (Wildman–Crippen MR) is 96.5 cm³/mol. The first kappa shape index (κ1) is 17.3. The van der Waals surface area contributed by atoms with E-state index in [1.165, 1.54) is 17.3 Å². The van der Waals surface area contributed by atoms with Gasteiger partial charge in [-0.1, -0.05) is 24.3 Å². The second-order valence-electron chi connectivity index (χ2n) is 6.24. The lowest BCUT2D eigenvalue weighted by Gasteiger charge is -2.36. The Morgan fingerprint density at radius 3 is 2.56 bits per heavy atom. The standard InChI is InChI=1S/C20H23FN2O2/c1-16-5-4-6-17(15-16)22-10-12-23(13-11-22)20(24)9-14-25-19-8-3-2-7-18(19)21/h2-8,15H,9-14H2,1H3. The zero-order chi connectivity index (χ0) is 17.6. The molecule has 4 nitrogen and oxygen atoms in total. The quantitative estimate of drug-likeness (QED) is 0.836. The van der Waals surface area contributed by atoms with Crippen LogP contribution in [0.2, 0.25) is 0 Å². The molecule has 3 rings (SSSR count). The number of ether oxygens (including phenoxy) is 1. The number of benzene rings is 2. The zero-order valence-corrected chi connectivity index (χ0v) is 14.5. The van der Waals surface area contributed by atoms with Crippen LogP contribution in [-0.2, 0) is 4.79 Å². The highest BCUT2D eigenvalue weighted by Gasteiger charge is 2.21. The van der Waals surface area contributed by atoms with Crippen LogP contribution in [0.5, 0.6) is 5.75 Å². The smallest absolute Gasteiger partial charge is 0.226 e. The molecule has 0 aliphatic carbocycles. The van der Waals surface area contributed by atoms with Crippen molar-refractivity contribution in [3.05, 3.63) is 59.9 Å². The molecular formula is C20H23FN2O2. The number of anilines is 1. The number of carbonyl (C=O) groups excluding carboxylic acids is 1. The molecule has 0 aromatic heterocycles. The Balaban J connectivity index is 1.45. The van der Waals surface area contributed by atoms with Gasteiger partial charge in [-0.05, 0) is 36.8 Å². The van der Waals surface area contributed by atoms with Crippen molar-refractivity contribution in [2.24, 2.45) is 0 Å². The Morgan fingerprint density at radius 1 is 1.08 bits per heavy atom. The van der Waals surface area contributed by atoms with Gasteiger partial charge in [-0.15, -0.1) is 0 Å². The maximum absolute atomic E-state index is 13.5. The van der Waals surface area contributed by atoms with Crippen LogP contribution < -0.4 is 9.64 Å². The van der Waals surface area contributed by atoms with Gasteiger partial charge in [0.15, 0.2) is 11.6 Å². The summed E-state index contributed by atoms with van der Waals surface area (Å²) in [5, 5.41) is 0. The van der Waals surface area contributed by atoms with Crippen molar-refractivity contribution in [3.63, 3.8) is 0 Å². The Kier molecular flexibility index (Phi) is 5.53. The van der Waals surface area contributed by atoms with Crippen molar-refractivity contribution in [2.75, 3.05) is 37.7 Å². The Labute approximate surface area is 147 Å². The highest BCUT2D eigenvalue weighted by atomic mass is 19.1. The average Bonchev–Trinajstić information content (AvgIpc) is 2.63. The molecule has 0 unspecified atom stereocenters. The summed E-state index contributed by atoms with van der Waals surface area (Å²) in [6, 6.07) is 14.7. The Bertz CT molecular complexity index is 727. The Hall–Kier alpha value is -2.56. The number of piperazine rings is 1. The van der Waals surface area contributed by atoms with Gasteiger partial charge in [0, 0.05) is 31.9 Å². The fourth-order valence-corrected chi connectivity index (χ4v) is 3.01. The molecule has 5 heteroatoms. The third-order valence-corrected chi connectivity index (χ3v) is 4.41. The maximum atomic E-state index is 13.5. The molecule has 0 N–H and O–H groups in total. The van der Waals surface area contributed by atoms with Gasteiger partial charge in [-0.25, -0.2) is 4.39 Å². The number of hydrogen-bond donors (Lipinski definition) is 0. The van der Waals surface area contributed by atoms with E-state index in [4.69, 9.17) is 4.74 Å². The molecule has 2 aromatic rings. The van der Waals surface area contributed by atoms with Crippen LogP contribution >= 0.6 is 0 Å². The lowest BCUT2D eigenvalue weighted by Crippen LogP contribution is -2.49. The molecule has 1 saturated heterocycles. The molecule has 0 radical (unpaired) electrons. The van der Waals surface area contributed by atoms with E-state index >= 15 is 0 Å². The summed E-state index contributed by atoms with van der Waals surface area (Å²) in [7, 11) is 0. The second-order valence-corrected chi connectivity index (χ2v) is 6.24. The molecule has 1 fully saturated rings. The van der Waals surface area contributed by atoms with E-state index in [2.05, 4.69) is 36.1 Å². The normalized spacial score (nSPS) is 14.5. The van der Waals surface area contributed by atoms with Gasteiger partial charge in [0.2, 0.25) is 5.91 Å². The number of rotatable bonds is 5. The molecule has 0 spiro atoms. The van der Waals surface area contributed by atoms with Crippen molar-refractivity contribution >= 4 is 11.6 Å². The minimum Gasteiger partial charge on any atom is -0.490 e. The third-order valence-electron chi connectivity index (χ3n) is 4.41. The number of hydrogen-bond acceptors (Lipinski definition) is 3. The minimum atomic E-state index is -0.401. The van der Waals surface area contributed by atoms with E-state index < -0.39 is 5.82 Å². The van der Waals surface area contributed by atoms with Crippen molar-refractivity contribution < 1.29 is 13.9 Å². The summed E-state index contributed by atoms with van der Waals surface area (Å²) in [4.78, 5) is 16.5. The van der Waals surface area contributed by atoms with Crippen molar-refractivity contribution in [2.45, 2.75) is 13.3 Å². The minimum absolute atomic E-state index is 0.0558. The molecular weight excluding hydrogens is 319 g/mol. The number of amides is 1. The molecule has 132 valence electrons. The largest absolute Gasteiger partial charge is 0.490 e. The van der Waals surface area contributed by atoms with Crippen LogP contribution in [0.4, 0.5) is 10.1 Å². The SMILES string of the molecule is Cc1cccc(N2CCN(C(=O)CCOc3ccccc3F)CC2)c1. The number of halogens is 1. The van der Waals surface area contributed by atoms with E-state index in [0.717, 1.165) is 13.1 Å². The molecule has 0 bridgehead atoms. The van der Waals surface area contributed by atoms with Gasteiger partial charge in [0.1, 0.15) is 0 Å². The van der Waals surface area contributed by atoms with Crippen molar-refractivity contribution in [3.8, 4) is 5.75 Å². The molecule has 0 atom stereocenters. The van der Waals surface area contributed by atoms with E-state index in [1.807, 2.05) is 4.90 Å².